The van der Waals surface area contributed by atoms with Crippen LogP contribution in [-0.2, 0) is 6.54 Å². The zero-order valence-electron chi connectivity index (χ0n) is 12.6. The number of amides is 2. The molecule has 0 aliphatic carbocycles. The molecule has 21 heavy (non-hydrogen) atoms. The average Bonchev–Trinajstić information content (AvgIpc) is 2.86. The normalized spacial score (nSPS) is 11.6. The molecule has 1 aromatic carbocycles. The molecule has 5 heteroatoms. The molecule has 0 saturated heterocycles. The fourth-order valence-electron chi connectivity index (χ4n) is 2.18. The minimum absolute atomic E-state index is 0.104. The van der Waals surface area contributed by atoms with E-state index >= 15 is 0 Å². The van der Waals surface area contributed by atoms with E-state index in [4.69, 9.17) is 5.11 Å². The van der Waals surface area contributed by atoms with Crippen LogP contribution in [-0.4, -0.2) is 29.3 Å². The number of H-pyrrole nitrogens is 1. The summed E-state index contributed by atoms with van der Waals surface area (Å²) in [5.41, 5.74) is 1.94. The Kier molecular flexibility index (Phi) is 4.85. The third-order valence-corrected chi connectivity index (χ3v) is 3.54. The molecule has 5 nitrogen and oxygen atoms in total. The molecular weight excluding hydrogens is 266 g/mol. The summed E-state index contributed by atoms with van der Waals surface area (Å²) in [4.78, 5) is 15.1. The van der Waals surface area contributed by atoms with Gasteiger partial charge in [-0.2, -0.15) is 0 Å². The Bertz CT molecular complexity index is 571. The van der Waals surface area contributed by atoms with Gasteiger partial charge in [0.25, 0.3) is 0 Å². The first-order valence-electron chi connectivity index (χ1n) is 7.19. The smallest absolute Gasteiger partial charge is 0.315 e. The molecule has 4 N–H and O–H groups in total. The molecule has 2 aromatic rings. The Morgan fingerprint density at radius 1 is 1.29 bits per heavy atom. The molecule has 1 heterocycles. The van der Waals surface area contributed by atoms with Crippen LogP contribution in [0.5, 0.6) is 0 Å². The summed E-state index contributed by atoms with van der Waals surface area (Å²) in [5.74, 6) is 0. The largest absolute Gasteiger partial charge is 0.396 e. The minimum Gasteiger partial charge on any atom is -0.396 e. The van der Waals surface area contributed by atoms with Crippen molar-refractivity contribution >= 4 is 16.9 Å². The van der Waals surface area contributed by atoms with Crippen LogP contribution in [0.1, 0.15) is 26.0 Å². The van der Waals surface area contributed by atoms with Gasteiger partial charge >= 0.3 is 6.03 Å². The van der Waals surface area contributed by atoms with E-state index in [1.807, 2.05) is 44.2 Å². The maximum absolute atomic E-state index is 11.8. The molecule has 0 unspecified atom stereocenters. The Labute approximate surface area is 124 Å². The SMILES string of the molecule is CC(C)(CCO)CNC(=O)NCc1cc2ccccc2[nH]1. The van der Waals surface area contributed by atoms with Crippen molar-refractivity contribution in [1.82, 2.24) is 15.6 Å². The van der Waals surface area contributed by atoms with Crippen LogP contribution in [0.3, 0.4) is 0 Å². The van der Waals surface area contributed by atoms with Crippen LogP contribution >= 0.6 is 0 Å². The highest BCUT2D eigenvalue weighted by Gasteiger charge is 2.17. The van der Waals surface area contributed by atoms with Crippen LogP contribution in [0.25, 0.3) is 10.9 Å². The summed E-state index contributed by atoms with van der Waals surface area (Å²) in [6.07, 6.45) is 0.662. The van der Waals surface area contributed by atoms with Gasteiger partial charge < -0.3 is 20.7 Å². The first-order valence-corrected chi connectivity index (χ1v) is 7.19. The van der Waals surface area contributed by atoms with Crippen LogP contribution in [0.4, 0.5) is 4.79 Å². The van der Waals surface area contributed by atoms with E-state index in [9.17, 15) is 4.79 Å². The molecule has 2 amide bonds. The van der Waals surface area contributed by atoms with Gasteiger partial charge in [-0.3, -0.25) is 0 Å². The van der Waals surface area contributed by atoms with Crippen molar-refractivity contribution in [2.45, 2.75) is 26.8 Å². The number of benzene rings is 1. The van der Waals surface area contributed by atoms with E-state index in [1.165, 1.54) is 0 Å². The third kappa shape index (κ3) is 4.49. The summed E-state index contributed by atoms with van der Waals surface area (Å²) < 4.78 is 0. The van der Waals surface area contributed by atoms with Gasteiger partial charge in [0.15, 0.2) is 0 Å². The Morgan fingerprint density at radius 3 is 2.76 bits per heavy atom. The summed E-state index contributed by atoms with van der Waals surface area (Å²) in [6.45, 7) is 5.15. The lowest BCUT2D eigenvalue weighted by Crippen LogP contribution is -2.40. The number of aliphatic hydroxyl groups is 1. The second-order valence-corrected chi connectivity index (χ2v) is 6.06. The molecule has 0 saturated carbocycles. The number of carbonyl (C=O) groups excluding carboxylic acids is 1. The predicted molar refractivity (Wildman–Crippen MR) is 84.0 cm³/mol. The van der Waals surface area contributed by atoms with E-state index in [0.717, 1.165) is 16.6 Å². The molecule has 0 fully saturated rings. The predicted octanol–water partition coefficient (Wildman–Crippen LogP) is 2.38. The van der Waals surface area contributed by atoms with Gasteiger partial charge in [-0.15, -0.1) is 0 Å². The van der Waals surface area contributed by atoms with Crippen LogP contribution < -0.4 is 10.6 Å². The van der Waals surface area contributed by atoms with Crippen molar-refractivity contribution < 1.29 is 9.90 Å². The molecule has 114 valence electrons. The highest BCUT2D eigenvalue weighted by Crippen LogP contribution is 2.18. The van der Waals surface area contributed by atoms with Gasteiger partial charge in [0.05, 0.1) is 6.54 Å². The number of carbonyl (C=O) groups is 1. The molecule has 0 aliphatic rings. The Morgan fingerprint density at radius 2 is 2.05 bits per heavy atom. The lowest BCUT2D eigenvalue weighted by Gasteiger charge is -2.23. The van der Waals surface area contributed by atoms with Crippen molar-refractivity contribution in [3.63, 3.8) is 0 Å². The number of para-hydroxylation sites is 1. The van der Waals surface area contributed by atoms with Gasteiger partial charge in [0.1, 0.15) is 0 Å². The van der Waals surface area contributed by atoms with Crippen molar-refractivity contribution in [3.8, 4) is 0 Å². The number of fused-ring (bicyclic) bond motifs is 1. The van der Waals surface area contributed by atoms with E-state index in [1.54, 1.807) is 0 Å². The molecule has 0 radical (unpaired) electrons. The van der Waals surface area contributed by atoms with Crippen molar-refractivity contribution in [1.29, 1.82) is 0 Å². The van der Waals surface area contributed by atoms with Crippen LogP contribution in [0.15, 0.2) is 30.3 Å². The van der Waals surface area contributed by atoms with Gasteiger partial charge in [0.2, 0.25) is 0 Å². The van der Waals surface area contributed by atoms with E-state index < -0.39 is 0 Å². The standard InChI is InChI=1S/C16H23N3O2/c1-16(2,7-8-20)11-18-15(21)17-10-13-9-12-5-3-4-6-14(12)19-13/h3-6,9,19-20H,7-8,10-11H2,1-2H3,(H2,17,18,21). The summed E-state index contributed by atoms with van der Waals surface area (Å²) in [6, 6.07) is 9.85. The van der Waals surface area contributed by atoms with Crippen molar-refractivity contribution in [2.75, 3.05) is 13.2 Å². The maximum atomic E-state index is 11.8. The number of rotatable bonds is 6. The summed E-state index contributed by atoms with van der Waals surface area (Å²) >= 11 is 0. The minimum atomic E-state index is -0.195. The highest BCUT2D eigenvalue weighted by molar-refractivity contribution is 5.80. The number of urea groups is 1. The summed E-state index contributed by atoms with van der Waals surface area (Å²) in [7, 11) is 0. The van der Waals surface area contributed by atoms with Gasteiger partial charge in [-0.1, -0.05) is 32.0 Å². The molecular formula is C16H23N3O2. The first-order chi connectivity index (χ1) is 10.00. The number of aliphatic hydroxyl groups excluding tert-OH is 1. The van der Waals surface area contributed by atoms with Crippen molar-refractivity contribution in [2.24, 2.45) is 5.41 Å². The first kappa shape index (κ1) is 15.4. The zero-order valence-corrected chi connectivity index (χ0v) is 12.6. The fourth-order valence-corrected chi connectivity index (χ4v) is 2.18. The molecule has 0 aliphatic heterocycles. The van der Waals surface area contributed by atoms with Gasteiger partial charge in [0, 0.05) is 24.4 Å². The van der Waals surface area contributed by atoms with E-state index in [0.29, 0.717) is 19.5 Å². The van der Waals surface area contributed by atoms with E-state index in [2.05, 4.69) is 15.6 Å². The summed E-state index contributed by atoms with van der Waals surface area (Å²) in [5, 5.41) is 15.8. The number of hydrogen-bond donors (Lipinski definition) is 4. The maximum Gasteiger partial charge on any atom is 0.315 e. The van der Waals surface area contributed by atoms with Crippen LogP contribution in [0.2, 0.25) is 0 Å². The molecule has 0 bridgehead atoms. The quantitative estimate of drug-likeness (QED) is 0.659. The topological polar surface area (TPSA) is 77.2 Å². The van der Waals surface area contributed by atoms with Gasteiger partial charge in [-0.25, -0.2) is 4.79 Å². The zero-order chi connectivity index (χ0) is 15.3. The number of hydrogen-bond acceptors (Lipinski definition) is 2. The second kappa shape index (κ2) is 6.63. The lowest BCUT2D eigenvalue weighted by atomic mass is 9.90. The van der Waals surface area contributed by atoms with Gasteiger partial charge in [-0.05, 0) is 29.4 Å². The fraction of sp³-hybridized carbons (Fsp3) is 0.438. The van der Waals surface area contributed by atoms with Crippen molar-refractivity contribution in [3.05, 3.63) is 36.0 Å². The van der Waals surface area contributed by atoms with E-state index in [-0.39, 0.29) is 18.1 Å². The second-order valence-electron chi connectivity index (χ2n) is 6.06. The molecule has 0 atom stereocenters. The highest BCUT2D eigenvalue weighted by atomic mass is 16.3. The molecule has 2 rings (SSSR count). The molecule has 1 aromatic heterocycles. The monoisotopic (exact) mass is 289 g/mol. The number of aromatic nitrogens is 1. The Hall–Kier alpha value is -2.01. The van der Waals surface area contributed by atoms with Crippen LogP contribution in [0, 0.1) is 5.41 Å². The number of aromatic amines is 1. The lowest BCUT2D eigenvalue weighted by molar-refractivity contribution is 0.201. The Balaban J connectivity index is 1.81. The average molecular weight is 289 g/mol. The molecule has 0 spiro atoms. The third-order valence-electron chi connectivity index (χ3n) is 3.54. The number of nitrogens with one attached hydrogen (secondary N) is 3.